The largest absolute Gasteiger partial charge is 0.493 e. The summed E-state index contributed by atoms with van der Waals surface area (Å²) in [7, 11) is 4.67. The van der Waals surface area contributed by atoms with Crippen molar-refractivity contribution >= 4 is 11.8 Å². The van der Waals surface area contributed by atoms with Crippen molar-refractivity contribution in [2.75, 3.05) is 34.4 Å². The molecule has 1 aromatic heterocycles. The Morgan fingerprint density at radius 3 is 2.25 bits per heavy atom. The van der Waals surface area contributed by atoms with Crippen LogP contribution in [0.1, 0.15) is 22.7 Å². The van der Waals surface area contributed by atoms with Gasteiger partial charge in [-0.2, -0.15) is 0 Å². The van der Waals surface area contributed by atoms with Gasteiger partial charge in [-0.05, 0) is 35.4 Å². The minimum atomic E-state index is -0.448. The zero-order valence-electron chi connectivity index (χ0n) is 20.8. The van der Waals surface area contributed by atoms with Gasteiger partial charge in [0, 0.05) is 25.2 Å². The van der Waals surface area contributed by atoms with Crippen LogP contribution in [0.2, 0.25) is 0 Å². The number of amides is 2. The molecule has 0 spiro atoms. The van der Waals surface area contributed by atoms with E-state index in [9.17, 15) is 9.59 Å². The van der Waals surface area contributed by atoms with Gasteiger partial charge in [0.15, 0.2) is 11.5 Å². The fourth-order valence-electron chi connectivity index (χ4n) is 4.62. The van der Waals surface area contributed by atoms with Crippen LogP contribution in [0.25, 0.3) is 0 Å². The fourth-order valence-corrected chi connectivity index (χ4v) is 4.62. The van der Waals surface area contributed by atoms with E-state index in [1.165, 1.54) is 0 Å². The van der Waals surface area contributed by atoms with Crippen LogP contribution in [0, 0.1) is 5.92 Å². The number of carbonyl (C=O) groups is 2. The van der Waals surface area contributed by atoms with Crippen LogP contribution in [-0.2, 0) is 22.6 Å². The Morgan fingerprint density at radius 1 is 0.944 bits per heavy atom. The monoisotopic (exact) mass is 489 g/mol. The first-order valence-corrected chi connectivity index (χ1v) is 11.8. The molecular weight excluding hydrogens is 458 g/mol. The number of hydrogen-bond donors (Lipinski definition) is 1. The molecule has 8 heteroatoms. The molecule has 4 rings (SSSR count). The second-order valence-electron chi connectivity index (χ2n) is 8.67. The maximum atomic E-state index is 13.4. The van der Waals surface area contributed by atoms with Gasteiger partial charge in [-0.1, -0.05) is 36.4 Å². The van der Waals surface area contributed by atoms with Crippen LogP contribution in [0.15, 0.2) is 66.9 Å². The number of methoxy groups -OCH3 is 3. The highest BCUT2D eigenvalue weighted by Crippen LogP contribution is 2.43. The van der Waals surface area contributed by atoms with Crippen molar-refractivity contribution in [3.8, 4) is 17.2 Å². The summed E-state index contributed by atoms with van der Waals surface area (Å²) < 4.78 is 16.5. The Hall–Kier alpha value is -4.07. The molecule has 0 saturated carbocycles. The van der Waals surface area contributed by atoms with Crippen LogP contribution in [0.4, 0.5) is 0 Å². The Bertz CT molecular complexity index is 1160. The fraction of sp³-hybridized carbons (Fsp3) is 0.321. The highest BCUT2D eigenvalue weighted by atomic mass is 16.5. The third kappa shape index (κ3) is 5.59. The molecule has 0 radical (unpaired) electrons. The molecule has 36 heavy (non-hydrogen) atoms. The molecule has 8 nitrogen and oxygen atoms in total. The average Bonchev–Trinajstić information content (AvgIpc) is 3.38. The summed E-state index contributed by atoms with van der Waals surface area (Å²) in [6, 6.07) is 18.9. The van der Waals surface area contributed by atoms with Crippen molar-refractivity contribution in [2.45, 2.75) is 18.9 Å². The summed E-state index contributed by atoms with van der Waals surface area (Å²) >= 11 is 0. The van der Waals surface area contributed by atoms with E-state index in [-0.39, 0.29) is 24.2 Å². The highest BCUT2D eigenvalue weighted by Gasteiger charge is 2.41. The van der Waals surface area contributed by atoms with Gasteiger partial charge < -0.3 is 24.4 Å². The molecule has 3 aromatic rings. The van der Waals surface area contributed by atoms with Crippen molar-refractivity contribution < 1.29 is 23.8 Å². The van der Waals surface area contributed by atoms with Crippen LogP contribution >= 0.6 is 0 Å². The van der Waals surface area contributed by atoms with Gasteiger partial charge in [0.25, 0.3) is 0 Å². The molecule has 0 aliphatic carbocycles. The first-order chi connectivity index (χ1) is 17.5. The molecule has 2 atom stereocenters. The number of rotatable bonds is 9. The number of pyridine rings is 1. The number of benzene rings is 2. The molecule has 2 unspecified atom stereocenters. The van der Waals surface area contributed by atoms with Gasteiger partial charge >= 0.3 is 0 Å². The van der Waals surface area contributed by atoms with Gasteiger partial charge in [-0.15, -0.1) is 0 Å². The van der Waals surface area contributed by atoms with Gasteiger partial charge in [0.2, 0.25) is 17.6 Å². The predicted octanol–water partition coefficient (Wildman–Crippen LogP) is 3.21. The lowest BCUT2D eigenvalue weighted by Gasteiger charge is -2.21. The van der Waals surface area contributed by atoms with Gasteiger partial charge in [0.05, 0.1) is 45.9 Å². The van der Waals surface area contributed by atoms with E-state index in [4.69, 9.17) is 14.2 Å². The number of hydrogen-bond acceptors (Lipinski definition) is 6. The number of aromatic nitrogens is 1. The lowest BCUT2D eigenvalue weighted by atomic mass is 9.88. The Morgan fingerprint density at radius 2 is 1.64 bits per heavy atom. The first kappa shape index (κ1) is 25.0. The second kappa shape index (κ2) is 11.6. The molecular formula is C28H31N3O5. The summed E-state index contributed by atoms with van der Waals surface area (Å²) in [5.74, 6) is 0.656. The van der Waals surface area contributed by atoms with E-state index in [1.807, 2.05) is 60.7 Å². The molecule has 0 bridgehead atoms. The minimum Gasteiger partial charge on any atom is -0.493 e. The highest BCUT2D eigenvalue weighted by molar-refractivity contribution is 5.84. The SMILES string of the molecule is COc1cc(C2CN(C(=O)Cc3ccccc3)CC2C(=O)NCc2ccccn2)cc(OC)c1OC. The van der Waals surface area contributed by atoms with E-state index >= 15 is 0 Å². The molecule has 188 valence electrons. The first-order valence-electron chi connectivity index (χ1n) is 11.8. The lowest BCUT2D eigenvalue weighted by Crippen LogP contribution is -2.35. The minimum absolute atomic E-state index is 0.0151. The third-order valence-electron chi connectivity index (χ3n) is 6.49. The van der Waals surface area contributed by atoms with E-state index in [0.717, 1.165) is 16.8 Å². The number of ether oxygens (including phenoxy) is 3. The normalized spacial score (nSPS) is 16.9. The standard InChI is InChI=1S/C28H31N3O5/c1-34-24-14-20(15-25(35-2)27(24)36-3)22-17-31(26(32)13-19-9-5-4-6-10-19)18-23(22)28(33)30-16-21-11-7-8-12-29-21/h4-12,14-15,22-23H,13,16-18H2,1-3H3,(H,30,33). The second-order valence-corrected chi connectivity index (χ2v) is 8.67. The molecule has 1 saturated heterocycles. The van der Waals surface area contributed by atoms with E-state index in [2.05, 4.69) is 10.3 Å². The van der Waals surface area contributed by atoms with Crippen molar-refractivity contribution in [1.29, 1.82) is 0 Å². The van der Waals surface area contributed by atoms with Crippen molar-refractivity contribution in [3.05, 3.63) is 83.7 Å². The lowest BCUT2D eigenvalue weighted by molar-refractivity contribution is -0.130. The summed E-state index contributed by atoms with van der Waals surface area (Å²) in [5, 5.41) is 3.00. The Labute approximate surface area is 211 Å². The molecule has 2 aromatic carbocycles. The molecule has 1 aliphatic rings. The zero-order chi connectivity index (χ0) is 25.5. The van der Waals surface area contributed by atoms with Crippen molar-refractivity contribution in [1.82, 2.24) is 15.2 Å². The summed E-state index contributed by atoms with van der Waals surface area (Å²) in [6.07, 6.45) is 1.98. The molecule has 1 fully saturated rings. The Kier molecular flexibility index (Phi) is 8.05. The number of likely N-dealkylation sites (tertiary alicyclic amines) is 1. The quantitative estimate of drug-likeness (QED) is 0.497. The predicted molar refractivity (Wildman–Crippen MR) is 135 cm³/mol. The smallest absolute Gasteiger partial charge is 0.227 e. The topological polar surface area (TPSA) is 90.0 Å². The molecule has 2 amide bonds. The van der Waals surface area contributed by atoms with Gasteiger partial charge in [-0.25, -0.2) is 0 Å². The van der Waals surface area contributed by atoms with E-state index < -0.39 is 5.92 Å². The Balaban J connectivity index is 1.61. The van der Waals surface area contributed by atoms with Crippen molar-refractivity contribution in [3.63, 3.8) is 0 Å². The van der Waals surface area contributed by atoms with Crippen LogP contribution < -0.4 is 19.5 Å². The summed E-state index contributed by atoms with van der Waals surface area (Å²) in [5.41, 5.74) is 2.55. The zero-order valence-corrected chi connectivity index (χ0v) is 20.8. The van der Waals surface area contributed by atoms with Crippen LogP contribution in [0.3, 0.4) is 0 Å². The molecule has 1 aliphatic heterocycles. The molecule has 2 heterocycles. The van der Waals surface area contributed by atoms with E-state index in [1.54, 1.807) is 32.4 Å². The van der Waals surface area contributed by atoms with Gasteiger partial charge in [0.1, 0.15) is 0 Å². The maximum absolute atomic E-state index is 13.4. The van der Waals surface area contributed by atoms with E-state index in [0.29, 0.717) is 36.9 Å². The number of carbonyl (C=O) groups excluding carboxylic acids is 2. The molecule has 1 N–H and O–H groups in total. The third-order valence-corrected chi connectivity index (χ3v) is 6.49. The van der Waals surface area contributed by atoms with Crippen LogP contribution in [-0.4, -0.2) is 56.1 Å². The number of nitrogens with one attached hydrogen (secondary N) is 1. The number of nitrogens with zero attached hydrogens (tertiary/aromatic N) is 2. The van der Waals surface area contributed by atoms with Crippen LogP contribution in [0.5, 0.6) is 17.2 Å². The van der Waals surface area contributed by atoms with Gasteiger partial charge in [-0.3, -0.25) is 14.6 Å². The summed E-state index contributed by atoms with van der Waals surface area (Å²) in [6.45, 7) is 1.04. The maximum Gasteiger partial charge on any atom is 0.227 e. The van der Waals surface area contributed by atoms with Crippen molar-refractivity contribution in [2.24, 2.45) is 5.92 Å². The summed E-state index contributed by atoms with van der Waals surface area (Å²) in [4.78, 5) is 32.6. The average molecular weight is 490 g/mol.